The number of likely N-dealkylation sites (tertiary alicyclic amines) is 1. The van der Waals surface area contributed by atoms with Gasteiger partial charge in [-0.25, -0.2) is 4.98 Å². The number of thiocarbonyl (C=S) groups is 1. The van der Waals surface area contributed by atoms with Gasteiger partial charge in [0.2, 0.25) is 0 Å². The molecule has 0 amide bonds. The average Bonchev–Trinajstić information content (AvgIpc) is 2.40. The molecule has 1 aromatic heterocycles. The summed E-state index contributed by atoms with van der Waals surface area (Å²) in [5.74, 6) is 1.64. The van der Waals surface area contributed by atoms with Crippen LogP contribution >= 0.6 is 12.2 Å². The normalized spacial score (nSPS) is 17.1. The minimum absolute atomic E-state index is 0.414. The lowest BCUT2D eigenvalue weighted by atomic mass is 9.94. The molecule has 1 aliphatic heterocycles. The van der Waals surface area contributed by atoms with Gasteiger partial charge in [0.25, 0.3) is 0 Å². The highest BCUT2D eigenvalue weighted by Gasteiger charge is 2.16. The second-order valence-corrected chi connectivity index (χ2v) is 6.12. The van der Waals surface area contributed by atoms with Gasteiger partial charge in [-0.05, 0) is 63.9 Å². The van der Waals surface area contributed by atoms with Gasteiger partial charge >= 0.3 is 0 Å². The van der Waals surface area contributed by atoms with E-state index in [9.17, 15) is 0 Å². The molecule has 110 valence electrons. The maximum atomic E-state index is 5.79. The number of nitrogens with two attached hydrogens (primary N) is 1. The lowest BCUT2D eigenvalue weighted by molar-refractivity contribution is 0.215. The molecule has 0 spiro atoms. The molecular formula is C15H24N4S. The van der Waals surface area contributed by atoms with Crippen LogP contribution in [-0.4, -0.2) is 41.6 Å². The standard InChI is InChI=1S/C15H24N4S/c1-11-3-7-17-15(13(11)14(16)20)18-8-4-12-5-9-19(2)10-6-12/h3,7,12H,4-6,8-10H2,1-2H3,(H2,16,20)(H,17,18). The first-order chi connectivity index (χ1) is 9.58. The maximum Gasteiger partial charge on any atom is 0.136 e. The molecule has 2 rings (SSSR count). The zero-order valence-electron chi connectivity index (χ0n) is 12.4. The van der Waals surface area contributed by atoms with E-state index < -0.39 is 0 Å². The summed E-state index contributed by atoms with van der Waals surface area (Å²) in [7, 11) is 2.19. The van der Waals surface area contributed by atoms with Crippen LogP contribution in [-0.2, 0) is 0 Å². The molecule has 0 radical (unpaired) electrons. The Morgan fingerprint density at radius 2 is 2.20 bits per heavy atom. The summed E-state index contributed by atoms with van der Waals surface area (Å²) >= 11 is 5.12. The number of aryl methyl sites for hydroxylation is 1. The molecule has 0 aliphatic carbocycles. The number of pyridine rings is 1. The van der Waals surface area contributed by atoms with Crippen molar-refractivity contribution in [2.24, 2.45) is 11.7 Å². The van der Waals surface area contributed by atoms with Crippen molar-refractivity contribution in [1.82, 2.24) is 9.88 Å². The van der Waals surface area contributed by atoms with Crippen molar-refractivity contribution in [3.05, 3.63) is 23.4 Å². The number of anilines is 1. The van der Waals surface area contributed by atoms with Crippen LogP contribution in [0.3, 0.4) is 0 Å². The highest BCUT2D eigenvalue weighted by Crippen LogP contribution is 2.21. The monoisotopic (exact) mass is 292 g/mol. The highest BCUT2D eigenvalue weighted by atomic mass is 32.1. The van der Waals surface area contributed by atoms with E-state index in [0.717, 1.165) is 29.4 Å². The molecular weight excluding hydrogens is 268 g/mol. The molecule has 1 saturated heterocycles. The van der Waals surface area contributed by atoms with E-state index in [0.29, 0.717) is 4.99 Å². The van der Waals surface area contributed by atoms with Crippen LogP contribution in [0.2, 0.25) is 0 Å². The Morgan fingerprint density at radius 1 is 1.50 bits per heavy atom. The number of nitrogens with zero attached hydrogens (tertiary/aromatic N) is 2. The Morgan fingerprint density at radius 3 is 2.85 bits per heavy atom. The Kier molecular flexibility index (Phi) is 5.31. The van der Waals surface area contributed by atoms with Gasteiger partial charge in [0.1, 0.15) is 10.8 Å². The molecule has 0 atom stereocenters. The summed E-state index contributed by atoms with van der Waals surface area (Å²) in [5, 5.41) is 3.40. The van der Waals surface area contributed by atoms with Gasteiger partial charge in [-0.3, -0.25) is 0 Å². The largest absolute Gasteiger partial charge is 0.389 e. The lowest BCUT2D eigenvalue weighted by Gasteiger charge is -2.29. The first-order valence-electron chi connectivity index (χ1n) is 7.25. The Labute approximate surface area is 126 Å². The van der Waals surface area contributed by atoms with Crippen LogP contribution in [0, 0.1) is 12.8 Å². The van der Waals surface area contributed by atoms with E-state index in [-0.39, 0.29) is 0 Å². The Balaban J connectivity index is 1.88. The molecule has 20 heavy (non-hydrogen) atoms. The molecule has 3 N–H and O–H groups in total. The third-order valence-corrected chi connectivity index (χ3v) is 4.29. The Bertz CT molecular complexity index is 467. The van der Waals surface area contributed by atoms with Gasteiger partial charge in [-0.2, -0.15) is 0 Å². The highest BCUT2D eigenvalue weighted by molar-refractivity contribution is 7.80. The van der Waals surface area contributed by atoms with Crippen molar-refractivity contribution in [3.63, 3.8) is 0 Å². The summed E-state index contributed by atoms with van der Waals surface area (Å²) in [6.45, 7) is 5.37. The second-order valence-electron chi connectivity index (χ2n) is 5.68. The SMILES string of the molecule is Cc1ccnc(NCCC2CCN(C)CC2)c1C(N)=S. The summed E-state index contributed by atoms with van der Waals surface area (Å²) in [6, 6.07) is 1.94. The number of nitrogens with one attached hydrogen (secondary N) is 1. The fraction of sp³-hybridized carbons (Fsp3) is 0.600. The molecule has 5 heteroatoms. The zero-order chi connectivity index (χ0) is 14.5. The molecule has 0 saturated carbocycles. The minimum Gasteiger partial charge on any atom is -0.389 e. The van der Waals surface area contributed by atoms with Crippen LogP contribution in [0.1, 0.15) is 30.4 Å². The van der Waals surface area contributed by atoms with E-state index in [4.69, 9.17) is 18.0 Å². The number of aromatic nitrogens is 1. The van der Waals surface area contributed by atoms with Gasteiger partial charge in [-0.1, -0.05) is 12.2 Å². The third kappa shape index (κ3) is 3.90. The number of piperidine rings is 1. The van der Waals surface area contributed by atoms with E-state index >= 15 is 0 Å². The Hall–Kier alpha value is -1.20. The van der Waals surface area contributed by atoms with Crippen molar-refractivity contribution >= 4 is 23.0 Å². The molecule has 1 fully saturated rings. The summed E-state index contributed by atoms with van der Waals surface area (Å²) in [5.41, 5.74) is 7.75. The summed E-state index contributed by atoms with van der Waals surface area (Å²) in [6.07, 6.45) is 5.57. The average molecular weight is 292 g/mol. The molecule has 1 aromatic rings. The van der Waals surface area contributed by atoms with Crippen LogP contribution in [0.4, 0.5) is 5.82 Å². The smallest absolute Gasteiger partial charge is 0.136 e. The topological polar surface area (TPSA) is 54.2 Å². The van der Waals surface area contributed by atoms with Crippen LogP contribution in [0.25, 0.3) is 0 Å². The molecule has 1 aliphatic rings. The predicted molar refractivity (Wildman–Crippen MR) is 88.2 cm³/mol. The van der Waals surface area contributed by atoms with Gasteiger partial charge in [-0.15, -0.1) is 0 Å². The number of hydrogen-bond acceptors (Lipinski definition) is 4. The van der Waals surface area contributed by atoms with E-state index in [1.807, 2.05) is 13.0 Å². The molecule has 0 unspecified atom stereocenters. The van der Waals surface area contributed by atoms with Crippen molar-refractivity contribution in [1.29, 1.82) is 0 Å². The van der Waals surface area contributed by atoms with Gasteiger partial charge in [0, 0.05) is 12.7 Å². The molecule has 0 aromatic carbocycles. The molecule has 0 bridgehead atoms. The van der Waals surface area contributed by atoms with Crippen molar-refractivity contribution in [2.45, 2.75) is 26.2 Å². The molecule has 2 heterocycles. The van der Waals surface area contributed by atoms with Gasteiger partial charge in [0.05, 0.1) is 5.56 Å². The summed E-state index contributed by atoms with van der Waals surface area (Å²) in [4.78, 5) is 7.18. The first kappa shape index (κ1) is 15.2. The number of rotatable bonds is 5. The van der Waals surface area contributed by atoms with Crippen molar-refractivity contribution in [3.8, 4) is 0 Å². The van der Waals surface area contributed by atoms with Crippen molar-refractivity contribution < 1.29 is 0 Å². The second kappa shape index (κ2) is 6.99. The number of hydrogen-bond donors (Lipinski definition) is 2. The van der Waals surface area contributed by atoms with Crippen LogP contribution < -0.4 is 11.1 Å². The van der Waals surface area contributed by atoms with Crippen LogP contribution in [0.5, 0.6) is 0 Å². The quantitative estimate of drug-likeness (QED) is 0.815. The van der Waals surface area contributed by atoms with Crippen molar-refractivity contribution in [2.75, 3.05) is 32.0 Å². The predicted octanol–water partition coefficient (Wildman–Crippen LogP) is 2.17. The molecule has 4 nitrogen and oxygen atoms in total. The third-order valence-electron chi connectivity index (χ3n) is 4.09. The van der Waals surface area contributed by atoms with E-state index in [2.05, 4.69) is 22.2 Å². The maximum absolute atomic E-state index is 5.79. The van der Waals surface area contributed by atoms with Gasteiger partial charge in [0.15, 0.2) is 0 Å². The van der Waals surface area contributed by atoms with Gasteiger partial charge < -0.3 is 16.0 Å². The summed E-state index contributed by atoms with van der Waals surface area (Å²) < 4.78 is 0. The minimum atomic E-state index is 0.414. The lowest BCUT2D eigenvalue weighted by Crippen LogP contribution is -2.31. The van der Waals surface area contributed by atoms with Crippen LogP contribution in [0.15, 0.2) is 12.3 Å². The zero-order valence-corrected chi connectivity index (χ0v) is 13.2. The van der Waals surface area contributed by atoms with E-state index in [1.54, 1.807) is 6.20 Å². The fourth-order valence-corrected chi connectivity index (χ4v) is 3.01. The fourth-order valence-electron chi connectivity index (χ4n) is 2.75. The van der Waals surface area contributed by atoms with E-state index in [1.165, 1.54) is 32.4 Å². The first-order valence-corrected chi connectivity index (χ1v) is 7.66.